The second kappa shape index (κ2) is 23.1. The maximum atomic E-state index is 10.2. The van der Waals surface area contributed by atoms with Gasteiger partial charge in [0.05, 0.1) is 0 Å². The topological polar surface area (TPSA) is 40.1 Å². The van der Waals surface area contributed by atoms with Gasteiger partial charge in [-0.1, -0.05) is 96.8 Å². The first-order valence-electron chi connectivity index (χ1n) is 8.97. The average molecular weight is 301 g/mol. The van der Waals surface area contributed by atoms with Crippen LogP contribution in [0, 0.1) is 0 Å². The van der Waals surface area contributed by atoms with Crippen molar-refractivity contribution in [2.45, 2.75) is 110 Å². The Morgan fingerprint density at radius 1 is 0.591 bits per heavy atom. The number of hydrogen-bond donors (Lipinski definition) is 0. The van der Waals surface area contributed by atoms with E-state index in [4.69, 9.17) is 0 Å². The molecule has 0 aromatic heterocycles. The predicted octanol–water partition coefficient (Wildman–Crippen LogP) is 4.24. The standard InChI is InChI=1S/C18H36O2.2Be/c1-2-3-4-5-6-7-8-9-10-11-12-13-14-15-16-17-18(19)20;;/h2-17H2,1H3,(H,19,20);;/q;2*+2/p-1. The van der Waals surface area contributed by atoms with Crippen LogP contribution in [0.3, 0.4) is 0 Å². The number of hydrogen-bond acceptors (Lipinski definition) is 2. The van der Waals surface area contributed by atoms with E-state index >= 15 is 0 Å². The zero-order chi connectivity index (χ0) is 14.9. The van der Waals surface area contributed by atoms with Crippen LogP contribution in [0.2, 0.25) is 0 Å². The van der Waals surface area contributed by atoms with Crippen molar-refractivity contribution in [3.63, 3.8) is 0 Å². The number of carbonyl (C=O) groups is 1. The largest absolute Gasteiger partial charge is 2.00 e. The molecule has 0 saturated carbocycles. The number of carboxylic acid groups (broad SMARTS) is 1. The van der Waals surface area contributed by atoms with Gasteiger partial charge in [-0.15, -0.1) is 0 Å². The van der Waals surface area contributed by atoms with Gasteiger partial charge < -0.3 is 9.90 Å². The quantitative estimate of drug-likeness (QED) is 0.316. The summed E-state index contributed by atoms with van der Waals surface area (Å²) in [5.41, 5.74) is 0. The van der Waals surface area contributed by atoms with E-state index in [1.807, 2.05) is 0 Å². The number of aliphatic carboxylic acids is 1. The normalized spacial score (nSPS) is 9.86. The van der Waals surface area contributed by atoms with Gasteiger partial charge in [0, 0.05) is 5.97 Å². The summed E-state index contributed by atoms with van der Waals surface area (Å²) in [6.07, 6.45) is 19.9. The van der Waals surface area contributed by atoms with Crippen molar-refractivity contribution in [2.24, 2.45) is 0 Å². The molecule has 0 rings (SSSR count). The second-order valence-electron chi connectivity index (χ2n) is 6.07. The van der Waals surface area contributed by atoms with Crippen molar-refractivity contribution < 1.29 is 9.90 Å². The summed E-state index contributed by atoms with van der Waals surface area (Å²) >= 11 is 0. The first-order valence-corrected chi connectivity index (χ1v) is 8.97. The molecule has 0 aromatic carbocycles. The summed E-state index contributed by atoms with van der Waals surface area (Å²) in [6, 6.07) is 0. The Labute approximate surface area is 146 Å². The summed E-state index contributed by atoms with van der Waals surface area (Å²) in [4.78, 5) is 10.2. The van der Waals surface area contributed by atoms with Crippen LogP contribution in [-0.2, 0) is 4.79 Å². The molecule has 4 heteroatoms. The Kier molecular flexibility index (Phi) is 28.0. The van der Waals surface area contributed by atoms with Gasteiger partial charge in [-0.3, -0.25) is 0 Å². The smallest absolute Gasteiger partial charge is 0.550 e. The van der Waals surface area contributed by atoms with Crippen LogP contribution in [0.5, 0.6) is 0 Å². The molecule has 0 saturated heterocycles. The molecule has 0 bridgehead atoms. The van der Waals surface area contributed by atoms with E-state index < -0.39 is 5.97 Å². The van der Waals surface area contributed by atoms with Crippen molar-refractivity contribution >= 4 is 26.2 Å². The van der Waals surface area contributed by atoms with Crippen molar-refractivity contribution in [3.8, 4) is 0 Å². The molecule has 2 nitrogen and oxygen atoms in total. The monoisotopic (exact) mass is 301 g/mol. The van der Waals surface area contributed by atoms with Crippen LogP contribution in [-0.4, -0.2) is 26.2 Å². The molecule has 0 N–H and O–H groups in total. The van der Waals surface area contributed by atoms with Crippen molar-refractivity contribution in [3.05, 3.63) is 0 Å². The Morgan fingerprint density at radius 2 is 0.864 bits per heavy atom. The molecule has 120 valence electrons. The summed E-state index contributed by atoms with van der Waals surface area (Å²) in [5, 5.41) is 10.2. The van der Waals surface area contributed by atoms with Crippen LogP contribution in [0.25, 0.3) is 0 Å². The molecule has 0 spiro atoms. The van der Waals surface area contributed by atoms with Crippen molar-refractivity contribution in [1.82, 2.24) is 0 Å². The summed E-state index contributed by atoms with van der Waals surface area (Å²) in [6.45, 7) is 2.27. The molecular weight excluding hydrogens is 266 g/mol. The predicted molar refractivity (Wildman–Crippen MR) is 96.1 cm³/mol. The summed E-state index contributed by atoms with van der Waals surface area (Å²) in [5.74, 6) is -0.903. The fourth-order valence-corrected chi connectivity index (χ4v) is 2.64. The summed E-state index contributed by atoms with van der Waals surface area (Å²) in [7, 11) is 0. The average Bonchev–Trinajstić information content (AvgIpc) is 2.43. The maximum Gasteiger partial charge on any atom is 2.00 e. The van der Waals surface area contributed by atoms with Crippen LogP contribution in [0.1, 0.15) is 110 Å². The second-order valence-corrected chi connectivity index (χ2v) is 6.07. The van der Waals surface area contributed by atoms with E-state index in [0.717, 1.165) is 12.8 Å². The molecule has 22 heavy (non-hydrogen) atoms. The first kappa shape index (κ1) is 26.7. The third kappa shape index (κ3) is 24.8. The molecule has 0 amide bonds. The SMILES string of the molecule is CCCCCCCCCCCCCCCCCC(=O)[O-].[Be+2].[Be+2]. The molecule has 0 aliphatic rings. The minimum atomic E-state index is -0.903. The van der Waals surface area contributed by atoms with Gasteiger partial charge >= 0.3 is 20.2 Å². The Balaban J connectivity index is -0.00000180. The van der Waals surface area contributed by atoms with E-state index in [-0.39, 0.29) is 26.7 Å². The fraction of sp³-hybridized carbons (Fsp3) is 0.944. The number of unbranched alkanes of at least 4 members (excludes halogenated alkanes) is 14. The van der Waals surface area contributed by atoms with E-state index in [9.17, 15) is 9.90 Å². The van der Waals surface area contributed by atoms with Crippen LogP contribution in [0.4, 0.5) is 0 Å². The Morgan fingerprint density at radius 3 is 1.14 bits per heavy atom. The van der Waals surface area contributed by atoms with E-state index in [0.29, 0.717) is 0 Å². The molecule has 0 unspecified atom stereocenters. The fourth-order valence-electron chi connectivity index (χ4n) is 2.64. The van der Waals surface area contributed by atoms with Crippen LogP contribution < -0.4 is 5.11 Å². The molecule has 0 aliphatic carbocycles. The first-order chi connectivity index (χ1) is 9.77. The number of rotatable bonds is 16. The Bertz CT molecular complexity index is 211. The molecule has 0 heterocycles. The van der Waals surface area contributed by atoms with Gasteiger partial charge in [-0.05, 0) is 12.8 Å². The molecule has 0 atom stereocenters. The maximum absolute atomic E-state index is 10.2. The van der Waals surface area contributed by atoms with Crippen LogP contribution in [0.15, 0.2) is 0 Å². The summed E-state index contributed by atoms with van der Waals surface area (Å²) < 4.78 is 0. The van der Waals surface area contributed by atoms with E-state index in [2.05, 4.69) is 6.92 Å². The molecule has 0 aliphatic heterocycles. The zero-order valence-electron chi connectivity index (χ0n) is 15.0. The van der Waals surface area contributed by atoms with Gasteiger partial charge in [0.1, 0.15) is 0 Å². The van der Waals surface area contributed by atoms with Gasteiger partial charge in [-0.2, -0.15) is 0 Å². The minimum absolute atomic E-state index is 0. The molecule has 0 fully saturated rings. The van der Waals surface area contributed by atoms with Crippen LogP contribution >= 0.6 is 0 Å². The number of carboxylic acids is 1. The van der Waals surface area contributed by atoms with Gasteiger partial charge in [0.2, 0.25) is 0 Å². The number of carbonyl (C=O) groups excluding carboxylic acids is 1. The minimum Gasteiger partial charge on any atom is -0.550 e. The third-order valence-electron chi connectivity index (χ3n) is 3.98. The van der Waals surface area contributed by atoms with Gasteiger partial charge in [0.15, 0.2) is 0 Å². The van der Waals surface area contributed by atoms with E-state index in [1.54, 1.807) is 0 Å². The molecule has 0 aromatic rings. The third-order valence-corrected chi connectivity index (χ3v) is 3.98. The zero-order valence-corrected chi connectivity index (χ0v) is 15.0. The van der Waals surface area contributed by atoms with Gasteiger partial charge in [-0.25, -0.2) is 0 Å². The molecule has 0 radical (unpaired) electrons. The van der Waals surface area contributed by atoms with E-state index in [1.165, 1.54) is 83.5 Å². The van der Waals surface area contributed by atoms with Crippen molar-refractivity contribution in [2.75, 3.05) is 0 Å². The molecular formula is C18H35Be2O2+3. The van der Waals surface area contributed by atoms with Gasteiger partial charge in [0.25, 0.3) is 0 Å². The van der Waals surface area contributed by atoms with Crippen molar-refractivity contribution in [1.29, 1.82) is 0 Å². The Hall–Kier alpha value is -0.192.